The molecule has 0 spiro atoms. The van der Waals surface area contributed by atoms with E-state index in [0.717, 1.165) is 11.8 Å². The molecular weight excluding hydrogens is 249 g/mol. The Balaban J connectivity index is 2.82. The van der Waals surface area contributed by atoms with Gasteiger partial charge in [-0.25, -0.2) is 4.39 Å². The minimum Gasteiger partial charge on any atom is -0.293 e. The van der Waals surface area contributed by atoms with Crippen molar-refractivity contribution in [3.8, 4) is 5.40 Å². The van der Waals surface area contributed by atoms with Gasteiger partial charge >= 0.3 is 0 Å². The number of hydrogen-bond donors (Lipinski definition) is 0. The smallest absolute Gasteiger partial charge is 0.176 e. The standard InChI is InChI=1S/C11H9ClFNOS/c12-6-5-10(16-7-14)11(15)8-1-3-9(13)4-2-8/h1-4,10H,5-6H2. The van der Waals surface area contributed by atoms with Gasteiger partial charge in [0.2, 0.25) is 0 Å². The van der Waals surface area contributed by atoms with Crippen LogP contribution in [0.2, 0.25) is 0 Å². The molecule has 0 heterocycles. The summed E-state index contributed by atoms with van der Waals surface area (Å²) in [6.45, 7) is 0. The van der Waals surface area contributed by atoms with Crippen LogP contribution in [0.4, 0.5) is 4.39 Å². The van der Waals surface area contributed by atoms with E-state index >= 15 is 0 Å². The van der Waals surface area contributed by atoms with Crippen molar-refractivity contribution < 1.29 is 9.18 Å². The van der Waals surface area contributed by atoms with Crippen molar-refractivity contribution in [3.63, 3.8) is 0 Å². The molecule has 1 atom stereocenters. The number of thiocyanates is 1. The molecule has 0 aromatic heterocycles. The summed E-state index contributed by atoms with van der Waals surface area (Å²) in [5.74, 6) is -0.266. The van der Waals surface area contributed by atoms with Crippen LogP contribution in [0, 0.1) is 16.5 Å². The highest BCUT2D eigenvalue weighted by atomic mass is 35.5. The third-order valence-electron chi connectivity index (χ3n) is 1.99. The quantitative estimate of drug-likeness (QED) is 0.462. The van der Waals surface area contributed by atoms with Crippen LogP contribution in [0.3, 0.4) is 0 Å². The highest BCUT2D eigenvalue weighted by Crippen LogP contribution is 2.19. The van der Waals surface area contributed by atoms with E-state index < -0.39 is 11.1 Å². The van der Waals surface area contributed by atoms with Gasteiger partial charge in [-0.2, -0.15) is 5.26 Å². The molecule has 5 heteroatoms. The van der Waals surface area contributed by atoms with Gasteiger partial charge in [0.15, 0.2) is 5.78 Å². The largest absolute Gasteiger partial charge is 0.293 e. The van der Waals surface area contributed by atoms with Crippen molar-refractivity contribution in [2.45, 2.75) is 11.7 Å². The number of ketones is 1. The van der Waals surface area contributed by atoms with E-state index in [1.165, 1.54) is 24.3 Å². The van der Waals surface area contributed by atoms with Crippen LogP contribution in [0.15, 0.2) is 24.3 Å². The zero-order valence-corrected chi connectivity index (χ0v) is 9.89. The van der Waals surface area contributed by atoms with Crippen molar-refractivity contribution in [3.05, 3.63) is 35.6 Å². The number of nitriles is 1. The van der Waals surface area contributed by atoms with Crippen LogP contribution >= 0.6 is 23.4 Å². The summed E-state index contributed by atoms with van der Waals surface area (Å²) >= 11 is 6.44. The lowest BCUT2D eigenvalue weighted by Gasteiger charge is -2.09. The Kier molecular flexibility index (Phi) is 5.30. The molecule has 1 unspecified atom stereocenters. The first-order chi connectivity index (χ1) is 7.69. The first kappa shape index (κ1) is 13.0. The molecular formula is C11H9ClFNOS. The van der Waals surface area contributed by atoms with Gasteiger partial charge in [-0.1, -0.05) is 0 Å². The third-order valence-corrected chi connectivity index (χ3v) is 3.05. The zero-order chi connectivity index (χ0) is 12.0. The molecule has 1 rings (SSSR count). The van der Waals surface area contributed by atoms with E-state index in [2.05, 4.69) is 0 Å². The normalized spacial score (nSPS) is 11.8. The Morgan fingerprint density at radius 2 is 2.12 bits per heavy atom. The van der Waals surface area contributed by atoms with Crippen LogP contribution in [-0.4, -0.2) is 16.9 Å². The Hall–Kier alpha value is -1.05. The summed E-state index contributed by atoms with van der Waals surface area (Å²) in [5.41, 5.74) is 0.402. The maximum absolute atomic E-state index is 12.7. The average molecular weight is 258 g/mol. The first-order valence-electron chi connectivity index (χ1n) is 4.59. The lowest BCUT2D eigenvalue weighted by atomic mass is 10.1. The summed E-state index contributed by atoms with van der Waals surface area (Å²) in [6.07, 6.45) is 0.427. The van der Waals surface area contributed by atoms with E-state index in [4.69, 9.17) is 16.9 Å². The summed E-state index contributed by atoms with van der Waals surface area (Å²) < 4.78 is 12.7. The molecule has 0 saturated heterocycles. The molecule has 0 aliphatic heterocycles. The van der Waals surface area contributed by atoms with Gasteiger partial charge in [0, 0.05) is 11.4 Å². The number of benzene rings is 1. The molecule has 2 nitrogen and oxygen atoms in total. The first-order valence-corrected chi connectivity index (χ1v) is 6.01. The van der Waals surface area contributed by atoms with Gasteiger partial charge in [-0.3, -0.25) is 4.79 Å². The van der Waals surface area contributed by atoms with Crippen LogP contribution < -0.4 is 0 Å². The summed E-state index contributed by atoms with van der Waals surface area (Å²) in [4.78, 5) is 11.9. The van der Waals surface area contributed by atoms with Gasteiger partial charge in [0.1, 0.15) is 11.2 Å². The Labute approximate surface area is 102 Å². The number of nitrogens with zero attached hydrogens (tertiary/aromatic N) is 1. The van der Waals surface area contributed by atoms with Crippen molar-refractivity contribution in [1.82, 2.24) is 0 Å². The van der Waals surface area contributed by atoms with E-state index in [1.54, 1.807) is 0 Å². The van der Waals surface area contributed by atoms with E-state index in [1.807, 2.05) is 5.40 Å². The van der Waals surface area contributed by atoms with Crippen LogP contribution in [0.1, 0.15) is 16.8 Å². The number of carbonyl (C=O) groups is 1. The summed E-state index contributed by atoms with van der Waals surface area (Å²) in [6, 6.07) is 5.28. The maximum Gasteiger partial charge on any atom is 0.176 e. The number of halogens is 2. The Morgan fingerprint density at radius 3 is 2.62 bits per heavy atom. The van der Waals surface area contributed by atoms with Gasteiger partial charge in [-0.05, 0) is 42.4 Å². The second-order valence-electron chi connectivity index (χ2n) is 3.05. The van der Waals surface area contributed by atoms with Crippen molar-refractivity contribution >= 4 is 29.1 Å². The fraction of sp³-hybridized carbons (Fsp3) is 0.273. The SMILES string of the molecule is N#CSC(CCCl)C(=O)c1ccc(F)cc1. The molecule has 0 saturated carbocycles. The number of Topliss-reactive ketones (excluding diaryl/α,β-unsaturated/α-hetero) is 1. The number of thioether (sulfide) groups is 1. The van der Waals surface area contributed by atoms with Crippen molar-refractivity contribution in [2.24, 2.45) is 0 Å². The summed E-state index contributed by atoms with van der Waals surface area (Å²) in [5, 5.41) is 9.96. The van der Waals surface area contributed by atoms with E-state index in [9.17, 15) is 9.18 Å². The van der Waals surface area contributed by atoms with E-state index in [-0.39, 0.29) is 5.78 Å². The third kappa shape index (κ3) is 3.51. The molecule has 1 aromatic rings. The molecule has 0 N–H and O–H groups in total. The fourth-order valence-electron chi connectivity index (χ4n) is 1.21. The van der Waals surface area contributed by atoms with Gasteiger partial charge in [-0.15, -0.1) is 11.6 Å². The number of rotatable bonds is 5. The van der Waals surface area contributed by atoms with Gasteiger partial charge in [0.25, 0.3) is 0 Å². The second kappa shape index (κ2) is 6.51. The molecule has 0 radical (unpaired) electrons. The van der Waals surface area contributed by atoms with E-state index in [0.29, 0.717) is 17.9 Å². The maximum atomic E-state index is 12.7. The lowest BCUT2D eigenvalue weighted by Crippen LogP contribution is -2.17. The van der Waals surface area contributed by atoms with Crippen LogP contribution in [0.25, 0.3) is 0 Å². The summed E-state index contributed by atoms with van der Waals surface area (Å²) in [7, 11) is 0. The Morgan fingerprint density at radius 1 is 1.50 bits per heavy atom. The van der Waals surface area contributed by atoms with Crippen molar-refractivity contribution in [2.75, 3.05) is 5.88 Å². The molecule has 0 fully saturated rings. The van der Waals surface area contributed by atoms with Crippen LogP contribution in [-0.2, 0) is 0 Å². The molecule has 0 bridgehead atoms. The average Bonchev–Trinajstić information content (AvgIpc) is 2.29. The Bertz CT molecular complexity index is 401. The minimum absolute atomic E-state index is 0.188. The topological polar surface area (TPSA) is 40.9 Å². The number of alkyl halides is 1. The molecule has 1 aromatic carbocycles. The molecule has 16 heavy (non-hydrogen) atoms. The fourth-order valence-corrected chi connectivity index (χ4v) is 2.16. The zero-order valence-electron chi connectivity index (χ0n) is 8.32. The van der Waals surface area contributed by atoms with Gasteiger partial charge in [0.05, 0.1) is 5.25 Å². The predicted molar refractivity (Wildman–Crippen MR) is 63.1 cm³/mol. The van der Waals surface area contributed by atoms with Crippen molar-refractivity contribution in [1.29, 1.82) is 5.26 Å². The molecule has 0 aliphatic carbocycles. The van der Waals surface area contributed by atoms with Gasteiger partial charge < -0.3 is 0 Å². The molecule has 84 valence electrons. The van der Waals surface area contributed by atoms with Crippen LogP contribution in [0.5, 0.6) is 0 Å². The minimum atomic E-state index is -0.479. The number of hydrogen-bond acceptors (Lipinski definition) is 3. The highest BCUT2D eigenvalue weighted by Gasteiger charge is 2.20. The molecule has 0 amide bonds. The molecule has 0 aliphatic rings. The highest BCUT2D eigenvalue weighted by molar-refractivity contribution is 8.05. The monoisotopic (exact) mass is 257 g/mol. The second-order valence-corrected chi connectivity index (χ2v) is 4.41. The predicted octanol–water partition coefficient (Wildman–Crippen LogP) is 3.22. The lowest BCUT2D eigenvalue weighted by molar-refractivity contribution is 0.0988. The number of carbonyl (C=O) groups excluding carboxylic acids is 1.